The number of benzene rings is 1. The van der Waals surface area contributed by atoms with E-state index in [1.54, 1.807) is 0 Å². The van der Waals surface area contributed by atoms with Crippen molar-refractivity contribution in [2.24, 2.45) is 11.1 Å². The van der Waals surface area contributed by atoms with Gasteiger partial charge in [0.25, 0.3) is 0 Å². The summed E-state index contributed by atoms with van der Waals surface area (Å²) < 4.78 is 28.0. The van der Waals surface area contributed by atoms with Gasteiger partial charge in [-0.25, -0.2) is 13.1 Å². The number of carbonyl (C=O) groups is 1. The number of hydrogen-bond acceptors (Lipinski definition) is 4. The normalized spacial score (nSPS) is 17.3. The van der Waals surface area contributed by atoms with Crippen LogP contribution in [0.5, 0.6) is 0 Å². The molecule has 0 aromatic heterocycles. The fourth-order valence-corrected chi connectivity index (χ4v) is 4.33. The molecule has 0 atom stereocenters. The first kappa shape index (κ1) is 20.4. The Labute approximate surface area is 151 Å². The molecule has 0 spiro atoms. The molecule has 2 rings (SSSR count). The maximum atomic E-state index is 12.4. The van der Waals surface area contributed by atoms with Crippen molar-refractivity contribution in [2.45, 2.75) is 24.7 Å². The Morgan fingerprint density at radius 2 is 1.96 bits per heavy atom. The van der Waals surface area contributed by atoms with E-state index in [2.05, 4.69) is 32.9 Å². The number of nitrogens with one attached hydrogen (secondary N) is 2. The molecule has 9 heteroatoms. The highest BCUT2D eigenvalue weighted by molar-refractivity contribution is 9.10. The molecule has 1 fully saturated rings. The van der Waals surface area contributed by atoms with Gasteiger partial charge < -0.3 is 11.1 Å². The Kier molecular flexibility index (Phi) is 7.03. The third kappa shape index (κ3) is 5.42. The summed E-state index contributed by atoms with van der Waals surface area (Å²) in [7, 11) is -3.68. The van der Waals surface area contributed by atoms with Gasteiger partial charge in [0.05, 0.1) is 4.90 Å². The lowest BCUT2D eigenvalue weighted by molar-refractivity contribution is 0.1000. The van der Waals surface area contributed by atoms with E-state index in [1.807, 2.05) is 0 Å². The molecule has 4 N–H and O–H groups in total. The highest BCUT2D eigenvalue weighted by Gasteiger charge is 2.29. The minimum atomic E-state index is -3.68. The smallest absolute Gasteiger partial charge is 0.248 e. The summed E-state index contributed by atoms with van der Waals surface area (Å²) in [5, 5.41) is 3.26. The van der Waals surface area contributed by atoms with Crippen LogP contribution < -0.4 is 15.8 Å². The molecular formula is C14H21BrClN3O3S. The quantitative estimate of drug-likeness (QED) is 0.666. The molecule has 130 valence electrons. The lowest BCUT2D eigenvalue weighted by atomic mass is 9.81. The fourth-order valence-electron chi connectivity index (χ4n) is 2.42. The minimum absolute atomic E-state index is 0. The molecule has 0 unspecified atom stereocenters. The number of piperidine rings is 1. The van der Waals surface area contributed by atoms with Gasteiger partial charge in [0.15, 0.2) is 0 Å². The Balaban J connectivity index is 0.00000264. The maximum absolute atomic E-state index is 12.4. The van der Waals surface area contributed by atoms with Gasteiger partial charge >= 0.3 is 0 Å². The van der Waals surface area contributed by atoms with Gasteiger partial charge in [-0.05, 0) is 49.5 Å². The van der Waals surface area contributed by atoms with Crippen LogP contribution in [0.2, 0.25) is 0 Å². The lowest BCUT2D eigenvalue weighted by Gasteiger charge is -2.34. The summed E-state index contributed by atoms with van der Waals surface area (Å²) >= 11 is 3.20. The topological polar surface area (TPSA) is 101 Å². The molecule has 0 radical (unpaired) electrons. The van der Waals surface area contributed by atoms with Crippen molar-refractivity contribution in [3.8, 4) is 0 Å². The van der Waals surface area contributed by atoms with Gasteiger partial charge in [-0.2, -0.15) is 0 Å². The predicted molar refractivity (Wildman–Crippen MR) is 95.3 cm³/mol. The first-order valence-corrected chi connectivity index (χ1v) is 9.30. The molecule has 23 heavy (non-hydrogen) atoms. The van der Waals surface area contributed by atoms with Crippen LogP contribution in [0.15, 0.2) is 27.6 Å². The number of nitrogens with two attached hydrogens (primary N) is 1. The second kappa shape index (κ2) is 7.94. The average Bonchev–Trinajstić information content (AvgIpc) is 2.45. The predicted octanol–water partition coefficient (Wildman–Crippen LogP) is 1.64. The number of primary amides is 1. The van der Waals surface area contributed by atoms with E-state index in [4.69, 9.17) is 5.73 Å². The van der Waals surface area contributed by atoms with E-state index in [-0.39, 0.29) is 28.3 Å². The molecule has 1 aromatic carbocycles. The number of sulfonamides is 1. The van der Waals surface area contributed by atoms with Crippen molar-refractivity contribution in [3.05, 3.63) is 28.2 Å². The van der Waals surface area contributed by atoms with Gasteiger partial charge in [0.2, 0.25) is 15.9 Å². The van der Waals surface area contributed by atoms with E-state index in [0.29, 0.717) is 11.0 Å². The first-order chi connectivity index (χ1) is 10.2. The van der Waals surface area contributed by atoms with Crippen molar-refractivity contribution >= 4 is 44.3 Å². The number of carbonyl (C=O) groups excluding carboxylic acids is 1. The maximum Gasteiger partial charge on any atom is 0.248 e. The average molecular weight is 427 g/mol. The summed E-state index contributed by atoms with van der Waals surface area (Å²) in [6, 6.07) is 4.25. The molecule has 1 aliphatic heterocycles. The lowest BCUT2D eigenvalue weighted by Crippen LogP contribution is -2.42. The zero-order chi connectivity index (χ0) is 16.4. The van der Waals surface area contributed by atoms with Crippen molar-refractivity contribution in [2.75, 3.05) is 19.6 Å². The van der Waals surface area contributed by atoms with Gasteiger partial charge in [-0.15, -0.1) is 12.4 Å². The number of halogens is 2. The van der Waals surface area contributed by atoms with E-state index < -0.39 is 15.9 Å². The number of amides is 1. The Morgan fingerprint density at radius 1 is 1.35 bits per heavy atom. The van der Waals surface area contributed by atoms with Crippen LogP contribution in [0.25, 0.3) is 0 Å². The molecule has 1 amide bonds. The van der Waals surface area contributed by atoms with Gasteiger partial charge in [0, 0.05) is 16.6 Å². The van der Waals surface area contributed by atoms with Crippen LogP contribution in [-0.4, -0.2) is 34.0 Å². The highest BCUT2D eigenvalue weighted by atomic mass is 79.9. The molecule has 1 aromatic rings. The van der Waals surface area contributed by atoms with E-state index in [1.165, 1.54) is 18.2 Å². The van der Waals surface area contributed by atoms with Crippen LogP contribution in [0.4, 0.5) is 0 Å². The van der Waals surface area contributed by atoms with Crippen LogP contribution >= 0.6 is 28.3 Å². The number of hydrogen-bond donors (Lipinski definition) is 3. The van der Waals surface area contributed by atoms with Crippen LogP contribution in [-0.2, 0) is 10.0 Å². The zero-order valence-corrected chi connectivity index (χ0v) is 16.0. The minimum Gasteiger partial charge on any atom is -0.366 e. The first-order valence-electron chi connectivity index (χ1n) is 7.03. The van der Waals surface area contributed by atoms with Crippen molar-refractivity contribution in [3.63, 3.8) is 0 Å². The third-order valence-corrected chi connectivity index (χ3v) is 5.80. The SMILES string of the molecule is CC1(CNS(=O)(=O)c2cc(Br)cc(C(N)=O)c2)CCNCC1.Cl. The monoisotopic (exact) mass is 425 g/mol. The van der Waals surface area contributed by atoms with Crippen LogP contribution in [0, 0.1) is 5.41 Å². The molecule has 0 bridgehead atoms. The molecule has 1 heterocycles. The molecule has 0 saturated carbocycles. The van der Waals surface area contributed by atoms with Crippen LogP contribution in [0.1, 0.15) is 30.1 Å². The fraction of sp³-hybridized carbons (Fsp3) is 0.500. The standard InChI is InChI=1S/C14H20BrN3O3S.ClH/c1-14(2-4-17-5-3-14)9-18-22(20,21)12-7-10(13(16)19)6-11(15)8-12;/h6-8,17-18H,2-5,9H2,1H3,(H2,16,19);1H. The molecule has 1 saturated heterocycles. The van der Waals surface area contributed by atoms with Gasteiger partial charge in [-0.3, -0.25) is 4.79 Å². The largest absolute Gasteiger partial charge is 0.366 e. The van der Waals surface area contributed by atoms with Gasteiger partial charge in [0.1, 0.15) is 0 Å². The molecule has 6 nitrogen and oxygen atoms in total. The van der Waals surface area contributed by atoms with E-state index >= 15 is 0 Å². The Hall–Kier alpha value is -0.670. The summed E-state index contributed by atoms with van der Waals surface area (Å²) in [5.41, 5.74) is 5.32. The summed E-state index contributed by atoms with van der Waals surface area (Å²) in [5.74, 6) is -0.664. The summed E-state index contributed by atoms with van der Waals surface area (Å²) in [6.07, 6.45) is 1.83. The summed E-state index contributed by atoms with van der Waals surface area (Å²) in [4.78, 5) is 11.3. The zero-order valence-electron chi connectivity index (χ0n) is 12.8. The third-order valence-electron chi connectivity index (χ3n) is 3.97. The molecule has 0 aliphatic carbocycles. The van der Waals surface area contributed by atoms with E-state index in [0.717, 1.165) is 25.9 Å². The van der Waals surface area contributed by atoms with Crippen molar-refractivity contribution < 1.29 is 13.2 Å². The molecule has 1 aliphatic rings. The highest BCUT2D eigenvalue weighted by Crippen LogP contribution is 2.27. The van der Waals surface area contributed by atoms with Crippen molar-refractivity contribution in [1.82, 2.24) is 10.0 Å². The second-order valence-corrected chi connectivity index (χ2v) is 8.61. The Morgan fingerprint density at radius 3 is 2.52 bits per heavy atom. The molecular weight excluding hydrogens is 406 g/mol. The Bertz CT molecular complexity index is 676. The van der Waals surface area contributed by atoms with Crippen LogP contribution in [0.3, 0.4) is 0 Å². The summed E-state index contributed by atoms with van der Waals surface area (Å²) in [6.45, 7) is 4.23. The second-order valence-electron chi connectivity index (χ2n) is 5.93. The van der Waals surface area contributed by atoms with E-state index in [9.17, 15) is 13.2 Å². The number of rotatable bonds is 5. The van der Waals surface area contributed by atoms with Gasteiger partial charge in [-0.1, -0.05) is 22.9 Å². The van der Waals surface area contributed by atoms with Crippen molar-refractivity contribution in [1.29, 1.82) is 0 Å².